The number of aliphatic carboxylic acids is 1. The number of carbonyl (C=O) groups is 1. The number of hydrogen-bond donors (Lipinski definition) is 3. The molecule has 1 aromatic carbocycles. The van der Waals surface area contributed by atoms with E-state index in [0.29, 0.717) is 35.0 Å². The summed E-state index contributed by atoms with van der Waals surface area (Å²) in [5.41, 5.74) is 2.94. The van der Waals surface area contributed by atoms with E-state index in [-0.39, 0.29) is 12.2 Å². The van der Waals surface area contributed by atoms with Gasteiger partial charge in [-0.05, 0) is 49.1 Å². The summed E-state index contributed by atoms with van der Waals surface area (Å²) < 4.78 is 38.9. The number of nitrogens with one attached hydrogen (secondary N) is 1. The zero-order chi connectivity index (χ0) is 17.9. The number of carboxylic acid groups (broad SMARTS) is 1. The van der Waals surface area contributed by atoms with E-state index in [1.54, 1.807) is 0 Å². The molecule has 0 saturated heterocycles. The van der Waals surface area contributed by atoms with Crippen molar-refractivity contribution >= 4 is 22.4 Å². The summed E-state index contributed by atoms with van der Waals surface area (Å²) in [4.78, 5) is 14.3. The normalized spacial score (nSPS) is 20.3. The van der Waals surface area contributed by atoms with Gasteiger partial charge in [0.15, 0.2) is 0 Å². The van der Waals surface area contributed by atoms with E-state index >= 15 is 0 Å². The Morgan fingerprint density at radius 2 is 2.00 bits per heavy atom. The number of aliphatic hydroxyl groups is 1. The zero-order valence-electron chi connectivity index (χ0n) is 12.9. The summed E-state index contributed by atoms with van der Waals surface area (Å²) in [7, 11) is 0. The number of carboxylic acids is 1. The molecule has 4 nitrogen and oxygen atoms in total. The fourth-order valence-electron chi connectivity index (χ4n) is 3.70. The van der Waals surface area contributed by atoms with Gasteiger partial charge in [-0.1, -0.05) is 5.57 Å². The first-order valence-corrected chi connectivity index (χ1v) is 7.83. The van der Waals surface area contributed by atoms with Gasteiger partial charge in [-0.3, -0.25) is 4.79 Å². The molecular weight excluding hydrogens is 335 g/mol. The second kappa shape index (κ2) is 5.15. The third-order valence-corrected chi connectivity index (χ3v) is 4.96. The number of aromatic amines is 1. The molecule has 130 valence electrons. The molecule has 0 spiro atoms. The van der Waals surface area contributed by atoms with E-state index in [0.717, 1.165) is 23.3 Å². The molecule has 2 aromatic rings. The van der Waals surface area contributed by atoms with E-state index in [4.69, 9.17) is 0 Å². The molecule has 7 heteroatoms. The Morgan fingerprint density at radius 3 is 2.68 bits per heavy atom. The van der Waals surface area contributed by atoms with Crippen molar-refractivity contribution in [2.75, 3.05) is 0 Å². The van der Waals surface area contributed by atoms with Gasteiger partial charge in [0.05, 0.1) is 5.56 Å². The van der Waals surface area contributed by atoms with Crippen LogP contribution < -0.4 is 0 Å². The number of halogens is 3. The Kier molecular flexibility index (Phi) is 3.25. The molecule has 3 N–H and O–H groups in total. The second-order valence-electron chi connectivity index (χ2n) is 6.42. The van der Waals surface area contributed by atoms with Gasteiger partial charge >= 0.3 is 12.1 Å². The number of aryl methyl sites for hydroxylation is 1. The Hall–Kier alpha value is -2.70. The van der Waals surface area contributed by atoms with Crippen LogP contribution in [0.25, 0.3) is 16.5 Å². The van der Waals surface area contributed by atoms with Crippen molar-refractivity contribution in [3.63, 3.8) is 0 Å². The lowest BCUT2D eigenvalue weighted by molar-refractivity contribution is -0.141. The second-order valence-corrected chi connectivity index (χ2v) is 6.42. The molecule has 1 atom stereocenters. The maximum atomic E-state index is 13.0. The number of aliphatic hydroxyl groups excluding tert-OH is 1. The van der Waals surface area contributed by atoms with Crippen LogP contribution in [0.3, 0.4) is 0 Å². The predicted octanol–water partition coefficient (Wildman–Crippen LogP) is 4.43. The highest BCUT2D eigenvalue weighted by atomic mass is 19.4. The first kappa shape index (κ1) is 15.8. The van der Waals surface area contributed by atoms with Gasteiger partial charge in [0.1, 0.15) is 11.7 Å². The Bertz CT molecular complexity index is 966. The lowest BCUT2D eigenvalue weighted by atomic mass is 9.79. The fourth-order valence-corrected chi connectivity index (χ4v) is 3.70. The number of hydrogen-bond acceptors (Lipinski definition) is 2. The van der Waals surface area contributed by atoms with E-state index in [9.17, 15) is 28.2 Å². The number of rotatable bonds is 1. The number of aromatic nitrogens is 1. The summed E-state index contributed by atoms with van der Waals surface area (Å²) in [6.45, 7) is 0. The summed E-state index contributed by atoms with van der Waals surface area (Å²) >= 11 is 0. The first-order chi connectivity index (χ1) is 11.8. The number of fused-ring (bicyclic) bond motifs is 4. The molecular formula is C18H14F3NO3. The molecule has 0 fully saturated rings. The standard InChI is InChI=1S/C18H14F3NO3/c19-18(20,21)9-2-4-14-12(6-9)10-3-1-8-5-13(17(24)25)15(23)7-11(8)16(10)22-14/h2,4,6-7,13,22-23H,1,3,5H2,(H,24,25). The van der Waals surface area contributed by atoms with Crippen molar-refractivity contribution in [2.24, 2.45) is 5.92 Å². The van der Waals surface area contributed by atoms with E-state index < -0.39 is 23.6 Å². The van der Waals surface area contributed by atoms with Crippen LogP contribution in [-0.4, -0.2) is 21.2 Å². The highest BCUT2D eigenvalue weighted by Gasteiger charge is 2.34. The lowest BCUT2D eigenvalue weighted by Crippen LogP contribution is -2.22. The average Bonchev–Trinajstić information content (AvgIpc) is 2.91. The molecule has 1 heterocycles. The molecule has 4 rings (SSSR count). The van der Waals surface area contributed by atoms with Crippen LogP contribution in [0.5, 0.6) is 0 Å². The van der Waals surface area contributed by atoms with Crippen LogP contribution >= 0.6 is 0 Å². The topological polar surface area (TPSA) is 73.3 Å². The Morgan fingerprint density at radius 1 is 1.24 bits per heavy atom. The number of H-pyrrole nitrogens is 1. The number of benzene rings is 1. The van der Waals surface area contributed by atoms with Gasteiger partial charge in [0.25, 0.3) is 0 Å². The summed E-state index contributed by atoms with van der Waals surface area (Å²) in [5.74, 6) is -2.27. The number of alkyl halides is 3. The molecule has 2 aliphatic rings. The lowest BCUT2D eigenvalue weighted by Gasteiger charge is -2.26. The van der Waals surface area contributed by atoms with Gasteiger partial charge in [-0.25, -0.2) is 0 Å². The van der Waals surface area contributed by atoms with E-state index in [1.807, 2.05) is 0 Å². The van der Waals surface area contributed by atoms with Gasteiger partial charge < -0.3 is 15.2 Å². The minimum Gasteiger partial charge on any atom is -0.511 e. The maximum Gasteiger partial charge on any atom is 0.416 e. The molecule has 0 saturated carbocycles. The highest BCUT2D eigenvalue weighted by molar-refractivity contribution is 5.94. The third-order valence-electron chi connectivity index (χ3n) is 4.96. The largest absolute Gasteiger partial charge is 0.511 e. The quantitative estimate of drug-likeness (QED) is 0.713. The summed E-state index contributed by atoms with van der Waals surface area (Å²) in [5, 5.41) is 19.7. The van der Waals surface area contributed by atoms with Gasteiger partial charge in [0.2, 0.25) is 0 Å². The fraction of sp³-hybridized carbons (Fsp3) is 0.278. The molecule has 0 aliphatic heterocycles. The monoisotopic (exact) mass is 349 g/mol. The summed E-state index contributed by atoms with van der Waals surface area (Å²) in [6, 6.07) is 3.58. The zero-order valence-corrected chi connectivity index (χ0v) is 12.9. The molecule has 0 radical (unpaired) electrons. The van der Waals surface area contributed by atoms with Crippen molar-refractivity contribution < 1.29 is 28.2 Å². The first-order valence-electron chi connectivity index (χ1n) is 7.83. The van der Waals surface area contributed by atoms with Crippen molar-refractivity contribution in [1.82, 2.24) is 4.98 Å². The van der Waals surface area contributed by atoms with Crippen LogP contribution in [0.15, 0.2) is 35.6 Å². The predicted molar refractivity (Wildman–Crippen MR) is 85.0 cm³/mol. The van der Waals surface area contributed by atoms with Crippen molar-refractivity contribution in [2.45, 2.75) is 25.4 Å². The van der Waals surface area contributed by atoms with Crippen molar-refractivity contribution in [3.8, 4) is 0 Å². The molecule has 1 unspecified atom stereocenters. The van der Waals surface area contributed by atoms with Crippen molar-refractivity contribution in [3.05, 3.63) is 52.4 Å². The smallest absolute Gasteiger partial charge is 0.416 e. The van der Waals surface area contributed by atoms with Crippen LogP contribution in [-0.2, 0) is 17.4 Å². The Labute approximate surface area is 140 Å². The van der Waals surface area contributed by atoms with Gasteiger partial charge in [0, 0.05) is 22.2 Å². The van der Waals surface area contributed by atoms with E-state index in [1.165, 1.54) is 12.1 Å². The highest BCUT2D eigenvalue weighted by Crippen LogP contribution is 2.43. The van der Waals surface area contributed by atoms with Gasteiger partial charge in [-0.15, -0.1) is 0 Å². The number of allylic oxidation sites excluding steroid dienone is 3. The molecule has 1 aromatic heterocycles. The van der Waals surface area contributed by atoms with Crippen LogP contribution in [0, 0.1) is 5.92 Å². The molecule has 0 amide bonds. The van der Waals surface area contributed by atoms with Gasteiger partial charge in [-0.2, -0.15) is 13.2 Å². The molecule has 25 heavy (non-hydrogen) atoms. The summed E-state index contributed by atoms with van der Waals surface area (Å²) in [6.07, 6.45) is -1.66. The third kappa shape index (κ3) is 2.42. The molecule has 0 bridgehead atoms. The minimum absolute atomic E-state index is 0.218. The van der Waals surface area contributed by atoms with E-state index in [2.05, 4.69) is 4.98 Å². The minimum atomic E-state index is -4.41. The van der Waals surface area contributed by atoms with Crippen LogP contribution in [0.4, 0.5) is 13.2 Å². The Balaban J connectivity index is 1.86. The molecule has 2 aliphatic carbocycles. The average molecular weight is 349 g/mol. The van der Waals surface area contributed by atoms with Crippen LogP contribution in [0.1, 0.15) is 29.7 Å². The maximum absolute atomic E-state index is 13.0. The van der Waals surface area contributed by atoms with Crippen LogP contribution in [0.2, 0.25) is 0 Å². The van der Waals surface area contributed by atoms with Crippen molar-refractivity contribution in [1.29, 1.82) is 0 Å². The SMILES string of the molecule is O=C(O)C1CC2=C(C=C1O)c1[nH]c3ccc(C(F)(F)F)cc3c1CC2.